The van der Waals surface area contributed by atoms with Gasteiger partial charge in [-0.05, 0) is 64.3 Å². The highest BCUT2D eigenvalue weighted by atomic mass is 79.9. The van der Waals surface area contributed by atoms with Gasteiger partial charge in [-0.15, -0.1) is 0 Å². The molecule has 134 valence electrons. The van der Waals surface area contributed by atoms with Crippen LogP contribution in [0.3, 0.4) is 0 Å². The first-order valence-corrected chi connectivity index (χ1v) is 9.35. The summed E-state index contributed by atoms with van der Waals surface area (Å²) in [6, 6.07) is 8.48. The Morgan fingerprint density at radius 3 is 2.85 bits per heavy atom. The number of aryl methyl sites for hydroxylation is 1. The maximum absolute atomic E-state index is 12.7. The molecule has 4 rings (SSSR count). The summed E-state index contributed by atoms with van der Waals surface area (Å²) >= 11 is 15.7. The molecule has 0 fully saturated rings. The van der Waals surface area contributed by atoms with Crippen molar-refractivity contribution in [2.45, 2.75) is 6.92 Å². The number of benzene rings is 1. The minimum Gasteiger partial charge on any atom is -0.412 e. The number of carbonyl (C=O) groups is 1. The zero-order chi connectivity index (χ0) is 19.1. The maximum Gasteiger partial charge on any atom is 0.344 e. The molecule has 0 aliphatic carbocycles. The highest BCUT2D eigenvalue weighted by Gasteiger charge is 2.23. The Hall–Kier alpha value is -2.37. The summed E-state index contributed by atoms with van der Waals surface area (Å²) in [5, 5.41) is 5.23. The summed E-state index contributed by atoms with van der Waals surface area (Å²) in [5.41, 5.74) is 5.46. The quantitative estimate of drug-likeness (QED) is 0.374. The van der Waals surface area contributed by atoms with Crippen LogP contribution >= 0.6 is 39.1 Å². The summed E-state index contributed by atoms with van der Waals surface area (Å²) in [4.78, 5) is 16.9. The summed E-state index contributed by atoms with van der Waals surface area (Å²) in [5.74, 6) is 0.0840. The van der Waals surface area contributed by atoms with Gasteiger partial charge < -0.3 is 4.74 Å². The van der Waals surface area contributed by atoms with Crippen molar-refractivity contribution in [3.05, 3.63) is 79.3 Å². The fraction of sp³-hybridized carbons (Fsp3) is 0.0526. The van der Waals surface area contributed by atoms with Gasteiger partial charge in [0.15, 0.2) is 11.6 Å². The number of esters is 1. The Morgan fingerprint density at radius 1 is 1.26 bits per heavy atom. The van der Waals surface area contributed by atoms with Gasteiger partial charge in [0.2, 0.25) is 0 Å². The van der Waals surface area contributed by atoms with Gasteiger partial charge in [-0.25, -0.2) is 14.5 Å². The van der Waals surface area contributed by atoms with Crippen LogP contribution in [-0.2, 0) is 4.74 Å². The number of halogens is 3. The molecule has 0 spiro atoms. The number of hydrogen-bond donors (Lipinski definition) is 0. The van der Waals surface area contributed by atoms with Crippen molar-refractivity contribution in [3.8, 4) is 5.82 Å². The van der Waals surface area contributed by atoms with E-state index in [0.29, 0.717) is 37.3 Å². The van der Waals surface area contributed by atoms with E-state index in [1.165, 1.54) is 4.68 Å². The Balaban J connectivity index is 1.90. The molecular formula is C19H10BrCl2N3O2. The van der Waals surface area contributed by atoms with E-state index in [1.54, 1.807) is 42.6 Å². The number of nitrogens with zero attached hydrogens (tertiary/aromatic N) is 3. The largest absolute Gasteiger partial charge is 0.412 e. The van der Waals surface area contributed by atoms with Crippen molar-refractivity contribution in [2.75, 3.05) is 0 Å². The molecule has 0 unspecified atom stereocenters. The predicted molar refractivity (Wildman–Crippen MR) is 107 cm³/mol. The first-order valence-electron chi connectivity index (χ1n) is 7.80. The van der Waals surface area contributed by atoms with E-state index >= 15 is 0 Å². The van der Waals surface area contributed by atoms with E-state index in [4.69, 9.17) is 27.9 Å². The first kappa shape index (κ1) is 18.0. The zero-order valence-electron chi connectivity index (χ0n) is 13.8. The van der Waals surface area contributed by atoms with Gasteiger partial charge in [0.05, 0.1) is 10.6 Å². The van der Waals surface area contributed by atoms with Gasteiger partial charge in [0.1, 0.15) is 10.3 Å². The summed E-state index contributed by atoms with van der Waals surface area (Å²) in [7, 11) is 0. The molecule has 2 aromatic heterocycles. The number of hydrogen-bond acceptors (Lipinski definition) is 4. The van der Waals surface area contributed by atoms with Crippen LogP contribution in [-0.4, -0.2) is 20.7 Å². The molecule has 0 saturated carbocycles. The molecule has 3 aromatic rings. The smallest absolute Gasteiger partial charge is 0.344 e. The SMILES string of the molecule is Cc1cc(Cl)cc2c1C=C=C(c1cc(Br)nn1-c1ncccc1Cl)OC2=O. The normalized spacial score (nSPS) is 13.0. The van der Waals surface area contributed by atoms with Crippen LogP contribution in [0.15, 0.2) is 46.9 Å². The molecule has 1 aliphatic heterocycles. The highest BCUT2D eigenvalue weighted by Crippen LogP contribution is 2.30. The number of ether oxygens (including phenoxy) is 1. The standard InChI is InChI=1S/C19H10BrCl2N3O2/c1-10-7-11(21)8-13-12(10)4-5-16(27-19(13)26)15-9-17(20)24-25(15)18-14(22)3-2-6-23-18/h2-4,6-9H,1H3. The Kier molecular flexibility index (Phi) is 4.66. The monoisotopic (exact) mass is 461 g/mol. The van der Waals surface area contributed by atoms with Gasteiger partial charge in [0, 0.05) is 17.3 Å². The minimum absolute atomic E-state index is 0.201. The van der Waals surface area contributed by atoms with Gasteiger partial charge >= 0.3 is 5.97 Å². The van der Waals surface area contributed by atoms with Crippen molar-refractivity contribution >= 4 is 56.9 Å². The number of aromatic nitrogens is 3. The second-order valence-corrected chi connectivity index (χ2v) is 7.42. The molecule has 1 aromatic carbocycles. The minimum atomic E-state index is -0.525. The lowest BCUT2D eigenvalue weighted by Gasteiger charge is -2.10. The molecule has 3 heterocycles. The molecule has 1 aliphatic rings. The highest BCUT2D eigenvalue weighted by molar-refractivity contribution is 9.10. The second kappa shape index (κ2) is 6.98. The zero-order valence-corrected chi connectivity index (χ0v) is 16.9. The average Bonchev–Trinajstić information content (AvgIpc) is 2.92. The van der Waals surface area contributed by atoms with E-state index in [-0.39, 0.29) is 5.76 Å². The lowest BCUT2D eigenvalue weighted by Crippen LogP contribution is -2.09. The number of carbonyl (C=O) groups excluding carboxylic acids is 1. The molecule has 0 bridgehead atoms. The molecule has 0 atom stereocenters. The predicted octanol–water partition coefficient (Wildman–Crippen LogP) is 5.47. The van der Waals surface area contributed by atoms with Crippen LogP contribution < -0.4 is 0 Å². The van der Waals surface area contributed by atoms with Crippen molar-refractivity contribution in [2.24, 2.45) is 0 Å². The molecule has 0 radical (unpaired) electrons. The Labute approximate surface area is 173 Å². The topological polar surface area (TPSA) is 57.0 Å². The van der Waals surface area contributed by atoms with Crippen LogP contribution in [0.5, 0.6) is 0 Å². The fourth-order valence-electron chi connectivity index (χ4n) is 2.76. The van der Waals surface area contributed by atoms with Crippen molar-refractivity contribution in [3.63, 3.8) is 0 Å². The third-order valence-electron chi connectivity index (χ3n) is 3.97. The van der Waals surface area contributed by atoms with Gasteiger partial charge in [-0.3, -0.25) is 0 Å². The molecule has 0 N–H and O–H groups in total. The van der Waals surface area contributed by atoms with E-state index in [9.17, 15) is 4.79 Å². The number of pyridine rings is 1. The average molecular weight is 463 g/mol. The van der Waals surface area contributed by atoms with E-state index in [2.05, 4.69) is 31.7 Å². The summed E-state index contributed by atoms with van der Waals surface area (Å²) in [6.07, 6.45) is 3.30. The van der Waals surface area contributed by atoms with Crippen LogP contribution in [0, 0.1) is 6.92 Å². The Bertz CT molecular complexity index is 1160. The first-order chi connectivity index (χ1) is 12.9. The fourth-order valence-corrected chi connectivity index (χ4v) is 3.61. The molecule has 8 heteroatoms. The second-order valence-electron chi connectivity index (χ2n) is 5.76. The van der Waals surface area contributed by atoms with E-state index in [0.717, 1.165) is 5.56 Å². The van der Waals surface area contributed by atoms with Crippen molar-refractivity contribution < 1.29 is 9.53 Å². The molecule has 5 nitrogen and oxygen atoms in total. The van der Waals surface area contributed by atoms with Crippen LogP contribution in [0.25, 0.3) is 17.7 Å². The molecule has 27 heavy (non-hydrogen) atoms. The Morgan fingerprint density at radius 2 is 2.07 bits per heavy atom. The summed E-state index contributed by atoms with van der Waals surface area (Å²) in [6.45, 7) is 1.87. The number of cyclic esters (lactones) is 1. The number of rotatable bonds is 2. The van der Waals surface area contributed by atoms with Gasteiger partial charge in [0.25, 0.3) is 0 Å². The van der Waals surface area contributed by atoms with Crippen LogP contribution in [0.2, 0.25) is 10.0 Å². The van der Waals surface area contributed by atoms with Gasteiger partial charge in [-0.1, -0.05) is 28.9 Å². The van der Waals surface area contributed by atoms with Crippen molar-refractivity contribution in [1.82, 2.24) is 14.8 Å². The molecule has 0 saturated heterocycles. The third-order valence-corrected chi connectivity index (χ3v) is 4.87. The van der Waals surface area contributed by atoms with Crippen LogP contribution in [0.1, 0.15) is 27.2 Å². The lowest BCUT2D eigenvalue weighted by atomic mass is 10.0. The van der Waals surface area contributed by atoms with Crippen LogP contribution in [0.4, 0.5) is 0 Å². The molecule has 0 amide bonds. The maximum atomic E-state index is 12.7. The van der Waals surface area contributed by atoms with E-state index in [1.807, 2.05) is 6.92 Å². The lowest BCUT2D eigenvalue weighted by molar-refractivity contribution is 0.0692. The number of fused-ring (bicyclic) bond motifs is 1. The third kappa shape index (κ3) is 3.33. The van der Waals surface area contributed by atoms with Gasteiger partial charge in [-0.2, -0.15) is 5.10 Å². The molecular weight excluding hydrogens is 453 g/mol. The summed E-state index contributed by atoms with van der Waals surface area (Å²) < 4.78 is 7.60. The van der Waals surface area contributed by atoms with Crippen molar-refractivity contribution in [1.29, 1.82) is 0 Å². The van der Waals surface area contributed by atoms with E-state index < -0.39 is 5.97 Å².